The second-order valence-electron chi connectivity index (χ2n) is 7.24. The molecule has 1 aromatic heterocycles. The van der Waals surface area contributed by atoms with Gasteiger partial charge in [-0.15, -0.1) is 0 Å². The van der Waals surface area contributed by atoms with Crippen molar-refractivity contribution in [3.05, 3.63) is 48.0 Å². The van der Waals surface area contributed by atoms with Crippen LogP contribution in [-0.2, 0) is 4.79 Å². The third-order valence-corrected chi connectivity index (χ3v) is 5.53. The smallest absolute Gasteiger partial charge is 0.224 e. The monoisotopic (exact) mass is 354 g/mol. The summed E-state index contributed by atoms with van der Waals surface area (Å²) in [6, 6.07) is 6.68. The van der Waals surface area contributed by atoms with E-state index in [1.807, 2.05) is 17.4 Å². The molecule has 3 rings (SSSR count). The molecule has 0 unspecified atom stereocenters. The van der Waals surface area contributed by atoms with Crippen molar-refractivity contribution >= 4 is 11.6 Å². The summed E-state index contributed by atoms with van der Waals surface area (Å²) in [6.07, 6.45) is 8.21. The number of hydrogen-bond acceptors (Lipinski definition) is 3. The molecular formula is C21H30N4O. The predicted octanol–water partition coefficient (Wildman–Crippen LogP) is 3.58. The lowest BCUT2D eigenvalue weighted by Crippen LogP contribution is -2.49. The average Bonchev–Trinajstić information content (AvgIpc) is 3.18. The average molecular weight is 354 g/mol. The summed E-state index contributed by atoms with van der Waals surface area (Å²) in [6.45, 7) is 9.91. The van der Waals surface area contributed by atoms with Gasteiger partial charge in [-0.05, 0) is 37.5 Å². The van der Waals surface area contributed by atoms with Crippen molar-refractivity contribution in [2.45, 2.75) is 46.1 Å². The molecule has 1 aliphatic rings. The molecule has 140 valence electrons. The van der Waals surface area contributed by atoms with Crippen LogP contribution in [0.2, 0.25) is 0 Å². The van der Waals surface area contributed by atoms with Crippen molar-refractivity contribution in [3.8, 4) is 0 Å². The summed E-state index contributed by atoms with van der Waals surface area (Å²) in [7, 11) is 0. The van der Waals surface area contributed by atoms with Crippen LogP contribution in [0.5, 0.6) is 0 Å². The van der Waals surface area contributed by atoms with Crippen LogP contribution in [0.1, 0.15) is 43.4 Å². The van der Waals surface area contributed by atoms with Crippen LogP contribution in [0.3, 0.4) is 0 Å². The van der Waals surface area contributed by atoms with E-state index in [4.69, 9.17) is 0 Å². The lowest BCUT2D eigenvalue weighted by Gasteiger charge is -2.37. The number of nitrogens with zero attached hydrogens (tertiary/aromatic N) is 4. The van der Waals surface area contributed by atoms with Crippen molar-refractivity contribution < 1.29 is 4.79 Å². The number of piperazine rings is 1. The zero-order valence-corrected chi connectivity index (χ0v) is 16.2. The third kappa shape index (κ3) is 4.09. The number of aromatic nitrogens is 2. The van der Waals surface area contributed by atoms with Crippen molar-refractivity contribution in [2.24, 2.45) is 0 Å². The van der Waals surface area contributed by atoms with Gasteiger partial charge in [0.2, 0.25) is 5.91 Å². The van der Waals surface area contributed by atoms with Crippen LogP contribution in [0.25, 0.3) is 0 Å². The Morgan fingerprint density at radius 3 is 2.62 bits per heavy atom. The number of carbonyl (C=O) groups excluding carboxylic acids is 1. The van der Waals surface area contributed by atoms with E-state index >= 15 is 0 Å². The first-order valence-electron chi connectivity index (χ1n) is 9.66. The highest BCUT2D eigenvalue weighted by molar-refractivity contribution is 5.77. The summed E-state index contributed by atoms with van der Waals surface area (Å²) in [4.78, 5) is 21.4. The zero-order chi connectivity index (χ0) is 18.5. The van der Waals surface area contributed by atoms with E-state index in [2.05, 4.69) is 53.4 Å². The Hall–Kier alpha value is -2.30. The minimum atomic E-state index is 0.215. The normalized spacial score (nSPS) is 16.0. The Balaban J connectivity index is 1.58. The van der Waals surface area contributed by atoms with Crippen molar-refractivity contribution in [1.82, 2.24) is 14.5 Å². The number of carbonyl (C=O) groups is 1. The molecule has 0 aliphatic carbocycles. The van der Waals surface area contributed by atoms with Gasteiger partial charge in [0.1, 0.15) is 0 Å². The molecule has 5 heteroatoms. The number of hydrogen-bond donors (Lipinski definition) is 0. The van der Waals surface area contributed by atoms with E-state index in [0.29, 0.717) is 6.42 Å². The van der Waals surface area contributed by atoms with Gasteiger partial charge in [0.25, 0.3) is 0 Å². The highest BCUT2D eigenvalue weighted by atomic mass is 16.2. The molecule has 1 aliphatic heterocycles. The van der Waals surface area contributed by atoms with Crippen molar-refractivity contribution in [3.63, 3.8) is 0 Å². The number of anilines is 1. The molecule has 0 saturated carbocycles. The van der Waals surface area contributed by atoms with Gasteiger partial charge < -0.3 is 14.4 Å². The molecule has 2 heterocycles. The Labute approximate surface area is 156 Å². The van der Waals surface area contributed by atoms with Gasteiger partial charge in [-0.25, -0.2) is 4.98 Å². The van der Waals surface area contributed by atoms with Gasteiger partial charge in [0.05, 0.1) is 6.33 Å². The SMILES string of the molecule is CCC[C@@H](CC(=O)N1CCN(c2cccc(C)c2C)CC1)n1ccnc1. The first-order chi connectivity index (χ1) is 12.6. The van der Waals surface area contributed by atoms with Crippen LogP contribution in [-0.4, -0.2) is 46.5 Å². The van der Waals surface area contributed by atoms with E-state index in [1.54, 1.807) is 6.20 Å². The van der Waals surface area contributed by atoms with Gasteiger partial charge in [0, 0.05) is 56.7 Å². The number of imidazole rings is 1. The van der Waals surface area contributed by atoms with Crippen molar-refractivity contribution in [1.29, 1.82) is 0 Å². The Morgan fingerprint density at radius 2 is 1.96 bits per heavy atom. The second kappa shape index (κ2) is 8.39. The summed E-state index contributed by atoms with van der Waals surface area (Å²) >= 11 is 0. The molecule has 26 heavy (non-hydrogen) atoms. The fourth-order valence-corrected chi connectivity index (χ4v) is 3.78. The number of aryl methyl sites for hydroxylation is 1. The minimum absolute atomic E-state index is 0.215. The second-order valence-corrected chi connectivity index (χ2v) is 7.24. The molecule has 1 amide bonds. The highest BCUT2D eigenvalue weighted by Gasteiger charge is 2.24. The Bertz CT molecular complexity index is 718. The Morgan fingerprint density at radius 1 is 1.19 bits per heavy atom. The maximum atomic E-state index is 12.8. The first kappa shape index (κ1) is 18.5. The van der Waals surface area contributed by atoms with Gasteiger partial charge in [0.15, 0.2) is 0 Å². The van der Waals surface area contributed by atoms with Crippen molar-refractivity contribution in [2.75, 3.05) is 31.1 Å². The van der Waals surface area contributed by atoms with E-state index in [9.17, 15) is 4.79 Å². The molecule has 1 saturated heterocycles. The molecule has 0 bridgehead atoms. The quantitative estimate of drug-likeness (QED) is 0.796. The molecule has 1 atom stereocenters. The summed E-state index contributed by atoms with van der Waals surface area (Å²) in [5, 5.41) is 0. The predicted molar refractivity (Wildman–Crippen MR) is 105 cm³/mol. The van der Waals surface area contributed by atoms with Crippen LogP contribution in [0.4, 0.5) is 5.69 Å². The lowest BCUT2D eigenvalue weighted by atomic mass is 10.1. The van der Waals surface area contributed by atoms with E-state index < -0.39 is 0 Å². The Kier molecular flexibility index (Phi) is 5.96. The third-order valence-electron chi connectivity index (χ3n) is 5.53. The fraction of sp³-hybridized carbons (Fsp3) is 0.524. The molecule has 2 aromatic rings. The first-order valence-corrected chi connectivity index (χ1v) is 9.66. The van der Waals surface area contributed by atoms with Crippen LogP contribution >= 0.6 is 0 Å². The van der Waals surface area contributed by atoms with E-state index in [0.717, 1.165) is 39.0 Å². The van der Waals surface area contributed by atoms with Gasteiger partial charge >= 0.3 is 0 Å². The van der Waals surface area contributed by atoms with E-state index in [-0.39, 0.29) is 11.9 Å². The highest BCUT2D eigenvalue weighted by Crippen LogP contribution is 2.25. The van der Waals surface area contributed by atoms with E-state index in [1.165, 1.54) is 16.8 Å². The fourth-order valence-electron chi connectivity index (χ4n) is 3.78. The summed E-state index contributed by atoms with van der Waals surface area (Å²) < 4.78 is 2.08. The molecule has 0 N–H and O–H groups in total. The summed E-state index contributed by atoms with van der Waals surface area (Å²) in [5.41, 5.74) is 3.97. The standard InChI is InChI=1S/C21H30N4O/c1-4-6-19(25-10-9-22-16-25)15-21(26)24-13-11-23(12-14-24)20-8-5-7-17(2)18(20)3/h5,7-10,16,19H,4,6,11-15H2,1-3H3/t19-/m0/s1. The molecular weight excluding hydrogens is 324 g/mol. The number of benzene rings is 1. The van der Waals surface area contributed by atoms with Crippen LogP contribution < -0.4 is 4.90 Å². The molecule has 5 nitrogen and oxygen atoms in total. The molecule has 1 fully saturated rings. The largest absolute Gasteiger partial charge is 0.368 e. The van der Waals surface area contributed by atoms with Crippen LogP contribution in [0, 0.1) is 13.8 Å². The maximum Gasteiger partial charge on any atom is 0.224 e. The number of amides is 1. The number of rotatable bonds is 6. The molecule has 0 radical (unpaired) electrons. The summed E-state index contributed by atoms with van der Waals surface area (Å²) in [5.74, 6) is 0.262. The van der Waals surface area contributed by atoms with Gasteiger partial charge in [-0.1, -0.05) is 25.5 Å². The molecule has 0 spiro atoms. The van der Waals surface area contributed by atoms with Gasteiger partial charge in [-0.2, -0.15) is 0 Å². The van der Waals surface area contributed by atoms with Crippen LogP contribution in [0.15, 0.2) is 36.9 Å². The zero-order valence-electron chi connectivity index (χ0n) is 16.2. The van der Waals surface area contributed by atoms with Gasteiger partial charge in [-0.3, -0.25) is 4.79 Å². The minimum Gasteiger partial charge on any atom is -0.368 e. The maximum absolute atomic E-state index is 12.8. The molecule has 1 aromatic carbocycles. The topological polar surface area (TPSA) is 41.4 Å². The lowest BCUT2D eigenvalue weighted by molar-refractivity contribution is -0.132.